The summed E-state index contributed by atoms with van der Waals surface area (Å²) in [6.07, 6.45) is 0. The third-order valence-corrected chi connectivity index (χ3v) is 3.18. The molecule has 0 saturated carbocycles. The molecule has 0 unspecified atom stereocenters. The van der Waals surface area contributed by atoms with E-state index in [1.165, 1.54) is 0 Å². The van der Waals surface area contributed by atoms with Gasteiger partial charge in [0.15, 0.2) is 0 Å². The van der Waals surface area contributed by atoms with E-state index in [1.54, 1.807) is 0 Å². The molecule has 0 aromatic heterocycles. The van der Waals surface area contributed by atoms with Crippen molar-refractivity contribution >= 4 is 11.6 Å². The number of ether oxygens (including phenoxy) is 2. The smallest absolute Gasteiger partial charge is 0.238 e. The molecule has 2 rings (SSSR count). The first-order valence-electron chi connectivity index (χ1n) is 8.08. The van der Waals surface area contributed by atoms with Crippen molar-refractivity contribution in [1.82, 2.24) is 5.32 Å². The Kier molecular flexibility index (Phi) is 7.11. The van der Waals surface area contributed by atoms with Crippen LogP contribution in [-0.2, 0) is 4.79 Å². The van der Waals surface area contributed by atoms with Crippen molar-refractivity contribution < 1.29 is 14.3 Å². The van der Waals surface area contributed by atoms with Gasteiger partial charge in [0, 0.05) is 6.04 Å². The van der Waals surface area contributed by atoms with Crippen LogP contribution in [-0.4, -0.2) is 31.7 Å². The normalized spacial score (nSPS) is 10.5. The highest BCUT2D eigenvalue weighted by molar-refractivity contribution is 5.93. The fourth-order valence-electron chi connectivity index (χ4n) is 2.01. The molecular weight excluding hydrogens is 304 g/mol. The zero-order chi connectivity index (χ0) is 17.2. The lowest BCUT2D eigenvalue weighted by Gasteiger charge is -2.14. The molecular formula is C19H24N2O3. The molecule has 1 amide bonds. The summed E-state index contributed by atoms with van der Waals surface area (Å²) in [5.74, 6) is 1.34. The maximum Gasteiger partial charge on any atom is 0.238 e. The monoisotopic (exact) mass is 328 g/mol. The summed E-state index contributed by atoms with van der Waals surface area (Å²) in [6, 6.07) is 17.2. The van der Waals surface area contributed by atoms with Crippen molar-refractivity contribution in [2.75, 3.05) is 25.1 Å². The number of benzene rings is 2. The first kappa shape index (κ1) is 17.8. The highest BCUT2D eigenvalue weighted by atomic mass is 16.5. The van der Waals surface area contributed by atoms with Crippen molar-refractivity contribution in [2.24, 2.45) is 0 Å². The van der Waals surface area contributed by atoms with Crippen LogP contribution in [0.2, 0.25) is 0 Å². The predicted octanol–water partition coefficient (Wildman–Crippen LogP) is 3.08. The van der Waals surface area contributed by atoms with Crippen molar-refractivity contribution in [2.45, 2.75) is 19.9 Å². The van der Waals surface area contributed by atoms with Gasteiger partial charge >= 0.3 is 0 Å². The fourth-order valence-corrected chi connectivity index (χ4v) is 2.01. The molecule has 0 radical (unpaired) electrons. The Morgan fingerprint density at radius 3 is 2.38 bits per heavy atom. The van der Waals surface area contributed by atoms with Crippen molar-refractivity contribution in [3.05, 3.63) is 54.6 Å². The topological polar surface area (TPSA) is 59.6 Å². The van der Waals surface area contributed by atoms with Gasteiger partial charge in [0.25, 0.3) is 0 Å². The van der Waals surface area contributed by atoms with E-state index in [1.807, 2.05) is 68.4 Å². The molecule has 0 spiro atoms. The third kappa shape index (κ3) is 6.30. The highest BCUT2D eigenvalue weighted by Gasteiger charge is 2.08. The summed E-state index contributed by atoms with van der Waals surface area (Å²) >= 11 is 0. The first-order valence-corrected chi connectivity index (χ1v) is 8.08. The average molecular weight is 328 g/mol. The molecule has 2 N–H and O–H groups in total. The second kappa shape index (κ2) is 9.57. The minimum absolute atomic E-state index is 0.0970. The number of hydrogen-bond acceptors (Lipinski definition) is 4. The largest absolute Gasteiger partial charge is 0.490 e. The second-order valence-electron chi connectivity index (χ2n) is 5.59. The Labute approximate surface area is 143 Å². The number of anilines is 1. The quantitative estimate of drug-likeness (QED) is 0.695. The summed E-state index contributed by atoms with van der Waals surface area (Å²) in [5, 5.41) is 5.94. The maximum atomic E-state index is 11.9. The Balaban J connectivity index is 1.81. The van der Waals surface area contributed by atoms with E-state index in [0.717, 1.165) is 5.75 Å². The van der Waals surface area contributed by atoms with Crippen molar-refractivity contribution in [3.63, 3.8) is 0 Å². The van der Waals surface area contributed by atoms with Crippen molar-refractivity contribution in [1.29, 1.82) is 0 Å². The van der Waals surface area contributed by atoms with Gasteiger partial charge in [-0.1, -0.05) is 44.2 Å². The number of rotatable bonds is 9. The van der Waals surface area contributed by atoms with Gasteiger partial charge in [-0.3, -0.25) is 4.79 Å². The van der Waals surface area contributed by atoms with Crippen LogP contribution in [0.15, 0.2) is 54.6 Å². The van der Waals surface area contributed by atoms with Crippen LogP contribution < -0.4 is 20.1 Å². The lowest BCUT2D eigenvalue weighted by Crippen LogP contribution is -2.32. The van der Waals surface area contributed by atoms with Crippen LogP contribution in [0.4, 0.5) is 5.69 Å². The highest BCUT2D eigenvalue weighted by Crippen LogP contribution is 2.23. The van der Waals surface area contributed by atoms with Gasteiger partial charge in [-0.25, -0.2) is 0 Å². The minimum Gasteiger partial charge on any atom is -0.490 e. The molecule has 0 aliphatic carbocycles. The van der Waals surface area contributed by atoms with E-state index in [-0.39, 0.29) is 18.5 Å². The van der Waals surface area contributed by atoms with E-state index in [0.29, 0.717) is 24.7 Å². The SMILES string of the molecule is CC(C)NCC(=O)Nc1ccccc1OCCOc1ccccc1. The van der Waals surface area contributed by atoms with Gasteiger partial charge in [-0.05, 0) is 24.3 Å². The molecule has 5 nitrogen and oxygen atoms in total. The average Bonchev–Trinajstić information content (AvgIpc) is 2.59. The van der Waals surface area contributed by atoms with E-state index < -0.39 is 0 Å². The van der Waals surface area contributed by atoms with Crippen LogP contribution >= 0.6 is 0 Å². The molecule has 0 fully saturated rings. The molecule has 0 heterocycles. The number of nitrogens with one attached hydrogen (secondary N) is 2. The molecule has 0 atom stereocenters. The molecule has 0 aliphatic rings. The summed E-state index contributed by atoms with van der Waals surface area (Å²) in [6.45, 7) is 5.09. The molecule has 24 heavy (non-hydrogen) atoms. The summed E-state index contributed by atoms with van der Waals surface area (Å²) < 4.78 is 11.3. The van der Waals surface area contributed by atoms with Crippen LogP contribution in [0, 0.1) is 0 Å². The van der Waals surface area contributed by atoms with E-state index in [9.17, 15) is 4.79 Å². The number of carbonyl (C=O) groups excluding carboxylic acids is 1. The van der Waals surface area contributed by atoms with Gasteiger partial charge in [-0.15, -0.1) is 0 Å². The molecule has 128 valence electrons. The van der Waals surface area contributed by atoms with Gasteiger partial charge in [0.1, 0.15) is 24.7 Å². The molecule has 0 aliphatic heterocycles. The molecule has 0 saturated heterocycles. The minimum atomic E-state index is -0.0970. The first-order chi connectivity index (χ1) is 11.6. The number of hydrogen-bond donors (Lipinski definition) is 2. The standard InChI is InChI=1S/C19H24N2O3/c1-15(2)20-14-19(22)21-17-10-6-7-11-18(17)24-13-12-23-16-8-4-3-5-9-16/h3-11,15,20H,12-14H2,1-2H3,(H,21,22). The summed E-state index contributed by atoms with van der Waals surface area (Å²) in [7, 11) is 0. The van der Waals surface area contributed by atoms with Gasteiger partial charge in [0.2, 0.25) is 5.91 Å². The van der Waals surface area contributed by atoms with Crippen molar-refractivity contribution in [3.8, 4) is 11.5 Å². The molecule has 5 heteroatoms. The van der Waals surface area contributed by atoms with E-state index in [4.69, 9.17) is 9.47 Å². The number of para-hydroxylation sites is 3. The third-order valence-electron chi connectivity index (χ3n) is 3.18. The van der Waals surface area contributed by atoms with Gasteiger partial charge in [-0.2, -0.15) is 0 Å². The summed E-state index contributed by atoms with van der Waals surface area (Å²) in [4.78, 5) is 11.9. The van der Waals surface area contributed by atoms with Crippen LogP contribution in [0.25, 0.3) is 0 Å². The zero-order valence-electron chi connectivity index (χ0n) is 14.1. The Morgan fingerprint density at radius 2 is 1.62 bits per heavy atom. The lowest BCUT2D eigenvalue weighted by molar-refractivity contribution is -0.115. The fraction of sp³-hybridized carbons (Fsp3) is 0.316. The Morgan fingerprint density at radius 1 is 0.958 bits per heavy atom. The molecule has 2 aromatic carbocycles. The molecule has 2 aromatic rings. The van der Waals surface area contributed by atoms with Crippen LogP contribution in [0.5, 0.6) is 11.5 Å². The molecule has 0 bridgehead atoms. The van der Waals surface area contributed by atoms with Gasteiger partial charge < -0.3 is 20.1 Å². The second-order valence-corrected chi connectivity index (χ2v) is 5.59. The number of amides is 1. The van der Waals surface area contributed by atoms with Gasteiger partial charge in [0.05, 0.1) is 12.2 Å². The lowest BCUT2D eigenvalue weighted by atomic mass is 10.3. The van der Waals surface area contributed by atoms with Crippen LogP contribution in [0.1, 0.15) is 13.8 Å². The number of carbonyl (C=O) groups is 1. The Bertz CT molecular complexity index is 630. The summed E-state index contributed by atoms with van der Waals surface area (Å²) in [5.41, 5.74) is 0.660. The zero-order valence-corrected chi connectivity index (χ0v) is 14.1. The predicted molar refractivity (Wildman–Crippen MR) is 95.6 cm³/mol. The van der Waals surface area contributed by atoms with Crippen LogP contribution in [0.3, 0.4) is 0 Å². The maximum absolute atomic E-state index is 11.9. The van der Waals surface area contributed by atoms with E-state index in [2.05, 4.69) is 10.6 Å². The Hall–Kier alpha value is -2.53. The van der Waals surface area contributed by atoms with E-state index >= 15 is 0 Å².